The summed E-state index contributed by atoms with van der Waals surface area (Å²) in [5.41, 5.74) is 2.86. The normalized spacial score (nSPS) is 10.4. The van der Waals surface area contributed by atoms with Gasteiger partial charge in [-0.1, -0.05) is 0 Å². The molecule has 0 atom stereocenters. The third-order valence-corrected chi connectivity index (χ3v) is 4.05. The molecule has 0 saturated heterocycles. The Labute approximate surface area is 128 Å². The molecule has 0 aromatic carbocycles. The standard InChI is InChI=1S/C15H19N3O2S/c1-10-4-5-11(2)18(10)15-13(6-9-21-15)14(20)17-8-7-16-12(3)19/h4-6,9H,7-8H2,1-3H3,(H,16,19)(H,17,20). The number of thiophene rings is 1. The second-order valence-corrected chi connectivity index (χ2v) is 5.72. The number of hydrogen-bond donors (Lipinski definition) is 2. The van der Waals surface area contributed by atoms with Crippen LogP contribution in [0.2, 0.25) is 0 Å². The summed E-state index contributed by atoms with van der Waals surface area (Å²) in [7, 11) is 0. The first-order valence-electron chi connectivity index (χ1n) is 6.76. The fourth-order valence-corrected chi connectivity index (χ4v) is 3.16. The number of amides is 2. The van der Waals surface area contributed by atoms with Crippen molar-refractivity contribution in [2.24, 2.45) is 0 Å². The van der Waals surface area contributed by atoms with Gasteiger partial charge in [0.25, 0.3) is 5.91 Å². The van der Waals surface area contributed by atoms with E-state index >= 15 is 0 Å². The molecule has 6 heteroatoms. The quantitative estimate of drug-likeness (QED) is 0.830. The molecule has 0 saturated carbocycles. The van der Waals surface area contributed by atoms with Crippen LogP contribution in [0.5, 0.6) is 0 Å². The minimum atomic E-state index is -0.121. The van der Waals surface area contributed by atoms with Gasteiger partial charge in [-0.05, 0) is 37.4 Å². The molecule has 5 nitrogen and oxygen atoms in total. The highest BCUT2D eigenvalue weighted by atomic mass is 32.1. The number of carbonyl (C=O) groups is 2. The van der Waals surface area contributed by atoms with Crippen LogP contribution < -0.4 is 10.6 Å². The maximum Gasteiger partial charge on any atom is 0.254 e. The van der Waals surface area contributed by atoms with E-state index in [1.54, 1.807) is 11.3 Å². The van der Waals surface area contributed by atoms with Gasteiger partial charge in [0.1, 0.15) is 5.00 Å². The van der Waals surface area contributed by atoms with Crippen LogP contribution in [0, 0.1) is 13.8 Å². The van der Waals surface area contributed by atoms with Crippen LogP contribution in [-0.4, -0.2) is 29.5 Å². The molecule has 0 radical (unpaired) electrons. The van der Waals surface area contributed by atoms with Crippen LogP contribution in [0.1, 0.15) is 28.7 Å². The molecular weight excluding hydrogens is 286 g/mol. The summed E-state index contributed by atoms with van der Waals surface area (Å²) in [6.45, 7) is 6.34. The average Bonchev–Trinajstić information content (AvgIpc) is 3.01. The van der Waals surface area contributed by atoms with Gasteiger partial charge in [0, 0.05) is 31.4 Å². The van der Waals surface area contributed by atoms with E-state index in [1.807, 2.05) is 37.4 Å². The lowest BCUT2D eigenvalue weighted by Crippen LogP contribution is -2.33. The van der Waals surface area contributed by atoms with Gasteiger partial charge in [-0.15, -0.1) is 11.3 Å². The van der Waals surface area contributed by atoms with Crippen LogP contribution >= 0.6 is 11.3 Å². The highest BCUT2D eigenvalue weighted by Gasteiger charge is 2.16. The summed E-state index contributed by atoms with van der Waals surface area (Å²) < 4.78 is 2.08. The first kappa shape index (κ1) is 15.3. The van der Waals surface area contributed by atoms with E-state index in [0.717, 1.165) is 16.4 Å². The van der Waals surface area contributed by atoms with Gasteiger partial charge in [0.15, 0.2) is 0 Å². The zero-order valence-corrected chi connectivity index (χ0v) is 13.2. The zero-order chi connectivity index (χ0) is 15.4. The molecule has 2 aromatic heterocycles. The third kappa shape index (κ3) is 3.52. The second-order valence-electron chi connectivity index (χ2n) is 4.83. The SMILES string of the molecule is CC(=O)NCCNC(=O)c1ccsc1-n1c(C)ccc1C. The average molecular weight is 305 g/mol. The van der Waals surface area contributed by atoms with Gasteiger partial charge < -0.3 is 15.2 Å². The Morgan fingerprint density at radius 2 is 1.71 bits per heavy atom. The zero-order valence-electron chi connectivity index (χ0n) is 12.4. The Bertz CT molecular complexity index is 638. The molecule has 21 heavy (non-hydrogen) atoms. The van der Waals surface area contributed by atoms with Crippen molar-refractivity contribution >= 4 is 23.2 Å². The Morgan fingerprint density at radius 3 is 2.33 bits per heavy atom. The lowest BCUT2D eigenvalue weighted by Gasteiger charge is -2.10. The van der Waals surface area contributed by atoms with E-state index in [4.69, 9.17) is 0 Å². The van der Waals surface area contributed by atoms with Gasteiger partial charge in [-0.3, -0.25) is 9.59 Å². The van der Waals surface area contributed by atoms with Crippen molar-refractivity contribution in [1.82, 2.24) is 15.2 Å². The molecule has 0 unspecified atom stereocenters. The molecule has 2 heterocycles. The Hall–Kier alpha value is -2.08. The highest BCUT2D eigenvalue weighted by Crippen LogP contribution is 2.25. The highest BCUT2D eigenvalue weighted by molar-refractivity contribution is 7.13. The van der Waals surface area contributed by atoms with Crippen LogP contribution in [0.25, 0.3) is 5.00 Å². The number of aromatic nitrogens is 1. The second kappa shape index (κ2) is 6.58. The van der Waals surface area contributed by atoms with E-state index in [0.29, 0.717) is 18.7 Å². The lowest BCUT2D eigenvalue weighted by atomic mass is 10.3. The van der Waals surface area contributed by atoms with E-state index in [1.165, 1.54) is 6.92 Å². The smallest absolute Gasteiger partial charge is 0.254 e. The van der Waals surface area contributed by atoms with Crippen LogP contribution in [0.4, 0.5) is 0 Å². The minimum Gasteiger partial charge on any atom is -0.355 e. The van der Waals surface area contributed by atoms with Gasteiger partial charge in [-0.25, -0.2) is 0 Å². The molecule has 112 valence electrons. The topological polar surface area (TPSA) is 63.1 Å². The summed E-state index contributed by atoms with van der Waals surface area (Å²) in [5, 5.41) is 8.31. The fraction of sp³-hybridized carbons (Fsp3) is 0.333. The number of rotatable bonds is 5. The number of carbonyl (C=O) groups excluding carboxylic acids is 2. The number of nitrogens with zero attached hydrogens (tertiary/aromatic N) is 1. The summed E-state index contributed by atoms with van der Waals surface area (Å²) in [6, 6.07) is 5.90. The van der Waals surface area contributed by atoms with Crippen molar-refractivity contribution in [2.75, 3.05) is 13.1 Å². The molecular formula is C15H19N3O2S. The molecule has 2 aromatic rings. The molecule has 0 aliphatic rings. The Kier molecular flexibility index (Phi) is 4.80. The van der Waals surface area contributed by atoms with Crippen LogP contribution in [0.3, 0.4) is 0 Å². The lowest BCUT2D eigenvalue weighted by molar-refractivity contribution is -0.118. The summed E-state index contributed by atoms with van der Waals surface area (Å²) in [5.74, 6) is -0.219. The fourth-order valence-electron chi connectivity index (χ4n) is 2.15. The van der Waals surface area contributed by atoms with E-state index in [9.17, 15) is 9.59 Å². The number of hydrogen-bond acceptors (Lipinski definition) is 3. The van der Waals surface area contributed by atoms with Crippen molar-refractivity contribution in [3.05, 3.63) is 40.5 Å². The molecule has 0 spiro atoms. The van der Waals surface area contributed by atoms with Crippen LogP contribution in [0.15, 0.2) is 23.6 Å². The van der Waals surface area contributed by atoms with Gasteiger partial charge in [-0.2, -0.15) is 0 Å². The molecule has 0 fully saturated rings. The Balaban J connectivity index is 2.10. The Morgan fingerprint density at radius 1 is 1.10 bits per heavy atom. The van der Waals surface area contributed by atoms with Crippen LogP contribution in [-0.2, 0) is 4.79 Å². The van der Waals surface area contributed by atoms with Crippen molar-refractivity contribution in [3.8, 4) is 5.00 Å². The van der Waals surface area contributed by atoms with E-state index in [2.05, 4.69) is 15.2 Å². The van der Waals surface area contributed by atoms with Crippen molar-refractivity contribution in [3.63, 3.8) is 0 Å². The number of aryl methyl sites for hydroxylation is 2. The van der Waals surface area contributed by atoms with Crippen molar-refractivity contribution < 1.29 is 9.59 Å². The third-order valence-electron chi connectivity index (χ3n) is 3.15. The maximum atomic E-state index is 12.3. The van der Waals surface area contributed by atoms with Gasteiger partial charge in [0.05, 0.1) is 5.56 Å². The summed E-state index contributed by atoms with van der Waals surface area (Å²) in [6.07, 6.45) is 0. The predicted molar refractivity (Wildman–Crippen MR) is 84.1 cm³/mol. The summed E-state index contributed by atoms with van der Waals surface area (Å²) in [4.78, 5) is 23.0. The molecule has 0 aliphatic heterocycles. The largest absolute Gasteiger partial charge is 0.355 e. The molecule has 2 N–H and O–H groups in total. The molecule has 2 rings (SSSR count). The first-order valence-corrected chi connectivity index (χ1v) is 7.64. The van der Waals surface area contributed by atoms with Crippen molar-refractivity contribution in [1.29, 1.82) is 0 Å². The predicted octanol–water partition coefficient (Wildman–Crippen LogP) is 2.02. The van der Waals surface area contributed by atoms with E-state index in [-0.39, 0.29) is 11.8 Å². The summed E-state index contributed by atoms with van der Waals surface area (Å²) >= 11 is 1.54. The molecule has 0 bridgehead atoms. The first-order chi connectivity index (χ1) is 10.0. The minimum absolute atomic E-state index is 0.0981. The van der Waals surface area contributed by atoms with E-state index < -0.39 is 0 Å². The van der Waals surface area contributed by atoms with Gasteiger partial charge in [0.2, 0.25) is 5.91 Å². The molecule has 0 aliphatic carbocycles. The molecule has 2 amide bonds. The number of nitrogens with one attached hydrogen (secondary N) is 2. The maximum absolute atomic E-state index is 12.3. The monoisotopic (exact) mass is 305 g/mol. The van der Waals surface area contributed by atoms with Crippen molar-refractivity contribution in [2.45, 2.75) is 20.8 Å². The van der Waals surface area contributed by atoms with Gasteiger partial charge >= 0.3 is 0 Å².